The molecule has 1 spiro atoms. The first-order chi connectivity index (χ1) is 17.0. The molecule has 8 nitrogen and oxygen atoms in total. The molecule has 2 aliphatic heterocycles. The normalized spacial score (nSPS) is 19.0. The van der Waals surface area contributed by atoms with Crippen molar-refractivity contribution in [2.24, 2.45) is 0 Å². The Bertz CT molecular complexity index is 1200. The zero-order valence-corrected chi connectivity index (χ0v) is 19.7. The van der Waals surface area contributed by atoms with Crippen LogP contribution in [0.25, 0.3) is 16.7 Å². The molecule has 1 saturated heterocycles. The number of morpholine rings is 1. The fraction of sp³-hybridized carbons (Fsp3) is 0.333. The number of hydrogen-bond acceptors (Lipinski definition) is 8. The van der Waals surface area contributed by atoms with Gasteiger partial charge < -0.3 is 23.7 Å². The van der Waals surface area contributed by atoms with Crippen molar-refractivity contribution in [1.82, 2.24) is 4.90 Å². The molecule has 182 valence electrons. The predicted octanol–water partition coefficient (Wildman–Crippen LogP) is 3.34. The van der Waals surface area contributed by atoms with Crippen LogP contribution in [0.1, 0.15) is 17.5 Å². The minimum atomic E-state index is -1.70. The fourth-order valence-electron chi connectivity index (χ4n) is 4.81. The molecule has 5 rings (SSSR count). The van der Waals surface area contributed by atoms with Crippen molar-refractivity contribution in [3.8, 4) is 22.6 Å². The molecular formula is C27H27NO7. The summed E-state index contributed by atoms with van der Waals surface area (Å²) in [5.74, 6) is -1.61. The number of benzene rings is 2. The number of fused-ring (bicyclic) bond motifs is 1. The van der Waals surface area contributed by atoms with E-state index in [1.807, 2.05) is 18.2 Å². The van der Waals surface area contributed by atoms with Crippen LogP contribution in [0.4, 0.5) is 0 Å². The minimum absolute atomic E-state index is 0.165. The molecule has 0 saturated carbocycles. The molecule has 1 fully saturated rings. The lowest BCUT2D eigenvalue weighted by atomic mass is 9.94. The van der Waals surface area contributed by atoms with Gasteiger partial charge in [-0.1, -0.05) is 30.3 Å². The van der Waals surface area contributed by atoms with Crippen molar-refractivity contribution in [2.75, 3.05) is 40.5 Å². The summed E-state index contributed by atoms with van der Waals surface area (Å²) >= 11 is 0. The monoisotopic (exact) mass is 477 g/mol. The largest absolute Gasteiger partial charge is 0.493 e. The molecule has 0 aromatic heterocycles. The summed E-state index contributed by atoms with van der Waals surface area (Å²) in [6.07, 6.45) is 6.02. The Kier molecular flexibility index (Phi) is 6.32. The molecule has 2 aromatic rings. The summed E-state index contributed by atoms with van der Waals surface area (Å²) in [6, 6.07) is 12.3. The van der Waals surface area contributed by atoms with Gasteiger partial charge in [0.05, 0.1) is 20.8 Å². The van der Waals surface area contributed by atoms with Crippen LogP contribution in [0.3, 0.4) is 0 Å². The van der Waals surface area contributed by atoms with Crippen LogP contribution in [-0.4, -0.2) is 63.3 Å². The van der Waals surface area contributed by atoms with Gasteiger partial charge in [0.1, 0.15) is 6.54 Å². The van der Waals surface area contributed by atoms with Gasteiger partial charge in [0.15, 0.2) is 11.5 Å². The Morgan fingerprint density at radius 2 is 1.71 bits per heavy atom. The Morgan fingerprint density at radius 1 is 0.971 bits per heavy atom. The van der Waals surface area contributed by atoms with Crippen molar-refractivity contribution in [1.29, 1.82) is 0 Å². The average Bonchev–Trinajstić information content (AvgIpc) is 3.23. The molecule has 0 unspecified atom stereocenters. The van der Waals surface area contributed by atoms with E-state index in [1.54, 1.807) is 14.2 Å². The van der Waals surface area contributed by atoms with Gasteiger partial charge in [-0.25, -0.2) is 9.59 Å². The van der Waals surface area contributed by atoms with Crippen LogP contribution in [0.2, 0.25) is 0 Å². The number of carbonyl (C=O) groups is 2. The lowest BCUT2D eigenvalue weighted by Crippen LogP contribution is -2.56. The third-order valence-corrected chi connectivity index (χ3v) is 6.48. The molecule has 2 heterocycles. The third kappa shape index (κ3) is 4.67. The Morgan fingerprint density at radius 3 is 2.46 bits per heavy atom. The number of methoxy groups -OCH3 is 2. The number of ether oxygens (including phenoxy) is 5. The zero-order valence-electron chi connectivity index (χ0n) is 19.7. The summed E-state index contributed by atoms with van der Waals surface area (Å²) in [4.78, 5) is 25.8. The van der Waals surface area contributed by atoms with Gasteiger partial charge in [0.2, 0.25) is 0 Å². The molecule has 2 aromatic carbocycles. The number of carbonyl (C=O) groups excluding carboxylic acids is 2. The molecular weight excluding hydrogens is 450 g/mol. The van der Waals surface area contributed by atoms with Crippen molar-refractivity contribution < 1.29 is 33.3 Å². The second kappa shape index (κ2) is 9.56. The standard InChI is InChI=1S/C27H27NO7/c1-31-23-9-7-19(16-24(23)32-2)21-5-3-4-20-18(6-8-22(20)21)12-13-28-14-15-33-27(17-28)34-25(29)10-11-26(30)35-27/h3-7,9-11,16H,8,12-15,17H2,1-2H3. The Balaban J connectivity index is 1.30. The first-order valence-corrected chi connectivity index (χ1v) is 11.5. The molecule has 0 amide bonds. The zero-order chi connectivity index (χ0) is 24.4. The molecule has 0 N–H and O–H groups in total. The predicted molar refractivity (Wildman–Crippen MR) is 128 cm³/mol. The number of hydrogen-bond donors (Lipinski definition) is 0. The topological polar surface area (TPSA) is 83.5 Å². The molecule has 1 aliphatic carbocycles. The van der Waals surface area contributed by atoms with E-state index >= 15 is 0 Å². The van der Waals surface area contributed by atoms with Crippen LogP contribution in [-0.2, 0) is 30.2 Å². The highest BCUT2D eigenvalue weighted by Crippen LogP contribution is 2.39. The van der Waals surface area contributed by atoms with E-state index in [9.17, 15) is 9.59 Å². The summed E-state index contributed by atoms with van der Waals surface area (Å²) in [5.41, 5.74) is 6.03. The van der Waals surface area contributed by atoms with Gasteiger partial charge in [-0.05, 0) is 52.8 Å². The van der Waals surface area contributed by atoms with E-state index in [4.69, 9.17) is 23.7 Å². The summed E-state index contributed by atoms with van der Waals surface area (Å²) in [7, 11) is 3.27. The van der Waals surface area contributed by atoms with Gasteiger partial charge in [0, 0.05) is 25.2 Å². The molecule has 0 atom stereocenters. The maximum atomic E-state index is 11.9. The lowest BCUT2D eigenvalue weighted by Gasteiger charge is -2.39. The van der Waals surface area contributed by atoms with Crippen molar-refractivity contribution in [2.45, 2.75) is 18.8 Å². The lowest BCUT2D eigenvalue weighted by molar-refractivity contribution is -0.359. The van der Waals surface area contributed by atoms with Crippen LogP contribution in [0.15, 0.2) is 54.6 Å². The first-order valence-electron chi connectivity index (χ1n) is 11.5. The fourth-order valence-corrected chi connectivity index (χ4v) is 4.81. The Hall–Kier alpha value is -3.62. The van der Waals surface area contributed by atoms with E-state index in [-0.39, 0.29) is 6.54 Å². The number of esters is 2. The number of allylic oxidation sites excluding steroid dienone is 1. The summed E-state index contributed by atoms with van der Waals surface area (Å²) in [6.45, 7) is 1.81. The van der Waals surface area contributed by atoms with Gasteiger partial charge in [-0.2, -0.15) is 0 Å². The molecule has 35 heavy (non-hydrogen) atoms. The highest BCUT2D eigenvalue weighted by atomic mass is 16.9. The number of rotatable bonds is 6. The van der Waals surface area contributed by atoms with Crippen molar-refractivity contribution >= 4 is 17.5 Å². The van der Waals surface area contributed by atoms with Crippen LogP contribution in [0.5, 0.6) is 11.5 Å². The van der Waals surface area contributed by atoms with Crippen LogP contribution in [0, 0.1) is 0 Å². The Labute approximate surface area is 203 Å². The van der Waals surface area contributed by atoms with Gasteiger partial charge in [-0.15, -0.1) is 0 Å². The maximum Gasteiger partial charge on any atom is 0.389 e. The van der Waals surface area contributed by atoms with Crippen LogP contribution >= 0.6 is 0 Å². The van der Waals surface area contributed by atoms with Gasteiger partial charge in [0.25, 0.3) is 0 Å². The third-order valence-electron chi connectivity index (χ3n) is 6.48. The molecule has 0 radical (unpaired) electrons. The van der Waals surface area contributed by atoms with E-state index in [0.717, 1.165) is 30.6 Å². The van der Waals surface area contributed by atoms with Gasteiger partial charge in [-0.3, -0.25) is 4.90 Å². The molecule has 3 aliphatic rings. The van der Waals surface area contributed by atoms with E-state index < -0.39 is 17.9 Å². The SMILES string of the molecule is COc1ccc(-c2cccc3c2CC=C3CCN2CCOC3(C2)OC(=O)C=CC(=O)O3)cc1OC. The highest BCUT2D eigenvalue weighted by Gasteiger charge is 2.45. The van der Waals surface area contributed by atoms with Crippen molar-refractivity contribution in [3.63, 3.8) is 0 Å². The quantitative estimate of drug-likeness (QED) is 0.586. The molecule has 0 bridgehead atoms. The average molecular weight is 478 g/mol. The maximum absolute atomic E-state index is 11.9. The van der Waals surface area contributed by atoms with E-state index in [0.29, 0.717) is 31.2 Å². The minimum Gasteiger partial charge on any atom is -0.493 e. The first kappa shape index (κ1) is 23.1. The summed E-state index contributed by atoms with van der Waals surface area (Å²) < 4.78 is 27.1. The van der Waals surface area contributed by atoms with E-state index in [2.05, 4.69) is 29.2 Å². The van der Waals surface area contributed by atoms with E-state index in [1.165, 1.54) is 22.3 Å². The van der Waals surface area contributed by atoms with Crippen molar-refractivity contribution in [3.05, 3.63) is 65.8 Å². The number of nitrogens with zero attached hydrogens (tertiary/aromatic N) is 1. The second-order valence-electron chi connectivity index (χ2n) is 8.57. The second-order valence-corrected chi connectivity index (χ2v) is 8.57. The smallest absolute Gasteiger partial charge is 0.389 e. The molecule has 8 heteroatoms. The summed E-state index contributed by atoms with van der Waals surface area (Å²) in [5, 5.41) is 0. The highest BCUT2D eigenvalue weighted by molar-refractivity contribution is 5.93. The van der Waals surface area contributed by atoms with Gasteiger partial charge >= 0.3 is 17.9 Å². The van der Waals surface area contributed by atoms with Crippen LogP contribution < -0.4 is 9.47 Å².